The van der Waals surface area contributed by atoms with Gasteiger partial charge in [0.15, 0.2) is 0 Å². The summed E-state index contributed by atoms with van der Waals surface area (Å²) in [6.45, 7) is 1.97. The summed E-state index contributed by atoms with van der Waals surface area (Å²) in [6.07, 6.45) is 0.719. The van der Waals surface area contributed by atoms with Crippen LogP contribution in [-0.4, -0.2) is 5.91 Å². The number of benzene rings is 2. The van der Waals surface area contributed by atoms with Crippen LogP contribution in [-0.2, 0) is 4.79 Å². The third-order valence-electron chi connectivity index (χ3n) is 3.04. The summed E-state index contributed by atoms with van der Waals surface area (Å²) in [5.41, 5.74) is 1.60. The van der Waals surface area contributed by atoms with Crippen LogP contribution < -0.4 is 5.32 Å². The summed E-state index contributed by atoms with van der Waals surface area (Å²) in [5.74, 6) is -0.570. The first kappa shape index (κ1) is 13.3. The highest BCUT2D eigenvalue weighted by Gasteiger charge is 2.18. The van der Waals surface area contributed by atoms with Gasteiger partial charge in [-0.05, 0) is 36.2 Å². The third kappa shape index (κ3) is 3.41. The van der Waals surface area contributed by atoms with Gasteiger partial charge in [0.2, 0.25) is 5.91 Å². The summed E-state index contributed by atoms with van der Waals surface area (Å²) in [4.78, 5) is 12.2. The van der Waals surface area contributed by atoms with Crippen molar-refractivity contribution in [1.82, 2.24) is 0 Å². The largest absolute Gasteiger partial charge is 0.326 e. The number of anilines is 1. The Morgan fingerprint density at radius 3 is 2.32 bits per heavy atom. The standard InChI is InChI=1S/C16H16FNO/c1-2-15(12-6-4-3-5-7-12)16(19)18-14-10-8-13(17)9-11-14/h3-11,15H,2H2,1H3,(H,18,19)/t15-/m0/s1. The number of carbonyl (C=O) groups excluding carboxylic acids is 1. The lowest BCUT2D eigenvalue weighted by atomic mass is 9.95. The first-order valence-corrected chi connectivity index (χ1v) is 6.32. The van der Waals surface area contributed by atoms with Crippen LogP contribution in [0.1, 0.15) is 24.8 Å². The Balaban J connectivity index is 2.11. The Bertz CT molecular complexity index is 536. The second-order valence-corrected chi connectivity index (χ2v) is 4.37. The fraction of sp³-hybridized carbons (Fsp3) is 0.188. The van der Waals surface area contributed by atoms with Gasteiger partial charge in [-0.25, -0.2) is 4.39 Å². The van der Waals surface area contributed by atoms with E-state index in [9.17, 15) is 9.18 Å². The topological polar surface area (TPSA) is 29.1 Å². The number of amides is 1. The molecule has 2 rings (SSSR count). The van der Waals surface area contributed by atoms with E-state index >= 15 is 0 Å². The molecule has 0 saturated carbocycles. The Hall–Kier alpha value is -2.16. The molecule has 0 aromatic heterocycles. The summed E-state index contributed by atoms with van der Waals surface area (Å²) in [6, 6.07) is 15.4. The molecule has 2 aromatic rings. The second kappa shape index (κ2) is 6.14. The zero-order valence-corrected chi connectivity index (χ0v) is 10.8. The number of carbonyl (C=O) groups is 1. The van der Waals surface area contributed by atoms with Gasteiger partial charge in [-0.15, -0.1) is 0 Å². The average molecular weight is 257 g/mol. The highest BCUT2D eigenvalue weighted by Crippen LogP contribution is 2.21. The smallest absolute Gasteiger partial charge is 0.231 e. The lowest BCUT2D eigenvalue weighted by molar-refractivity contribution is -0.117. The van der Waals surface area contributed by atoms with Crippen molar-refractivity contribution in [2.45, 2.75) is 19.3 Å². The molecule has 0 radical (unpaired) electrons. The lowest BCUT2D eigenvalue weighted by Crippen LogP contribution is -2.20. The SMILES string of the molecule is CC[C@H](C(=O)Nc1ccc(F)cc1)c1ccccc1. The van der Waals surface area contributed by atoms with Crippen LogP contribution in [0.3, 0.4) is 0 Å². The Morgan fingerprint density at radius 2 is 1.74 bits per heavy atom. The highest BCUT2D eigenvalue weighted by atomic mass is 19.1. The lowest BCUT2D eigenvalue weighted by Gasteiger charge is -2.15. The number of halogens is 1. The molecule has 0 fully saturated rings. The maximum Gasteiger partial charge on any atom is 0.231 e. The molecule has 0 spiro atoms. The van der Waals surface area contributed by atoms with Crippen LogP contribution in [0, 0.1) is 5.82 Å². The monoisotopic (exact) mass is 257 g/mol. The summed E-state index contributed by atoms with van der Waals surface area (Å²) in [5, 5.41) is 2.81. The van der Waals surface area contributed by atoms with E-state index in [4.69, 9.17) is 0 Å². The van der Waals surface area contributed by atoms with Gasteiger partial charge in [-0.2, -0.15) is 0 Å². The molecule has 3 heteroatoms. The molecule has 2 nitrogen and oxygen atoms in total. The van der Waals surface area contributed by atoms with E-state index < -0.39 is 0 Å². The molecule has 0 aliphatic carbocycles. The highest BCUT2D eigenvalue weighted by molar-refractivity contribution is 5.95. The van der Waals surface area contributed by atoms with Gasteiger partial charge in [0, 0.05) is 5.69 Å². The van der Waals surface area contributed by atoms with E-state index in [2.05, 4.69) is 5.32 Å². The van der Waals surface area contributed by atoms with Crippen LogP contribution >= 0.6 is 0 Å². The Kier molecular flexibility index (Phi) is 4.29. The second-order valence-electron chi connectivity index (χ2n) is 4.37. The van der Waals surface area contributed by atoms with E-state index in [0.29, 0.717) is 5.69 Å². The zero-order valence-electron chi connectivity index (χ0n) is 10.8. The van der Waals surface area contributed by atoms with Crippen molar-refractivity contribution >= 4 is 11.6 Å². The molecule has 1 amide bonds. The maximum absolute atomic E-state index is 12.8. The molecule has 1 N–H and O–H groups in total. The van der Waals surface area contributed by atoms with E-state index in [0.717, 1.165) is 12.0 Å². The normalized spacial score (nSPS) is 11.9. The van der Waals surface area contributed by atoms with Crippen molar-refractivity contribution in [3.05, 3.63) is 66.0 Å². The van der Waals surface area contributed by atoms with E-state index in [1.165, 1.54) is 12.1 Å². The number of rotatable bonds is 4. The zero-order chi connectivity index (χ0) is 13.7. The predicted molar refractivity (Wildman–Crippen MR) is 74.5 cm³/mol. The number of nitrogens with one attached hydrogen (secondary N) is 1. The van der Waals surface area contributed by atoms with E-state index in [1.807, 2.05) is 37.3 Å². The summed E-state index contributed by atoms with van der Waals surface area (Å²) < 4.78 is 12.8. The molecular weight excluding hydrogens is 241 g/mol. The molecule has 1 atom stereocenters. The van der Waals surface area contributed by atoms with Crippen molar-refractivity contribution in [1.29, 1.82) is 0 Å². The summed E-state index contributed by atoms with van der Waals surface area (Å²) >= 11 is 0. The van der Waals surface area contributed by atoms with Crippen molar-refractivity contribution in [3.63, 3.8) is 0 Å². The molecule has 0 heterocycles. The van der Waals surface area contributed by atoms with Crippen molar-refractivity contribution < 1.29 is 9.18 Å². The molecule has 19 heavy (non-hydrogen) atoms. The summed E-state index contributed by atoms with van der Waals surface area (Å²) in [7, 11) is 0. The fourth-order valence-electron chi connectivity index (χ4n) is 2.02. The van der Waals surface area contributed by atoms with Crippen LogP contribution in [0.25, 0.3) is 0 Å². The van der Waals surface area contributed by atoms with Crippen LogP contribution in [0.2, 0.25) is 0 Å². The molecule has 0 aliphatic rings. The van der Waals surface area contributed by atoms with Gasteiger partial charge in [0.05, 0.1) is 5.92 Å². The molecule has 0 aliphatic heterocycles. The van der Waals surface area contributed by atoms with Crippen molar-refractivity contribution in [3.8, 4) is 0 Å². The van der Waals surface area contributed by atoms with Gasteiger partial charge in [-0.1, -0.05) is 37.3 Å². The van der Waals surface area contributed by atoms with Crippen molar-refractivity contribution in [2.24, 2.45) is 0 Å². The molecule has 0 saturated heterocycles. The van der Waals surface area contributed by atoms with Gasteiger partial charge in [0.25, 0.3) is 0 Å². The minimum absolute atomic E-state index is 0.0692. The Morgan fingerprint density at radius 1 is 1.11 bits per heavy atom. The number of hydrogen-bond donors (Lipinski definition) is 1. The fourth-order valence-corrected chi connectivity index (χ4v) is 2.02. The number of hydrogen-bond acceptors (Lipinski definition) is 1. The quantitative estimate of drug-likeness (QED) is 0.882. The molecule has 98 valence electrons. The van der Waals surface area contributed by atoms with Crippen LogP contribution in [0.15, 0.2) is 54.6 Å². The van der Waals surface area contributed by atoms with Gasteiger partial charge >= 0.3 is 0 Å². The minimum atomic E-state index is -0.312. The van der Waals surface area contributed by atoms with Gasteiger partial charge in [0.1, 0.15) is 5.82 Å². The minimum Gasteiger partial charge on any atom is -0.326 e. The van der Waals surface area contributed by atoms with Crippen molar-refractivity contribution in [2.75, 3.05) is 5.32 Å². The van der Waals surface area contributed by atoms with Gasteiger partial charge < -0.3 is 5.32 Å². The van der Waals surface area contributed by atoms with Crippen LogP contribution in [0.5, 0.6) is 0 Å². The third-order valence-corrected chi connectivity index (χ3v) is 3.04. The first-order chi connectivity index (χ1) is 9.20. The van der Waals surface area contributed by atoms with Gasteiger partial charge in [-0.3, -0.25) is 4.79 Å². The van der Waals surface area contributed by atoms with E-state index in [1.54, 1.807) is 12.1 Å². The Labute approximate surface area is 112 Å². The molecule has 0 unspecified atom stereocenters. The molecule has 0 bridgehead atoms. The molecule has 2 aromatic carbocycles. The molecular formula is C16H16FNO. The predicted octanol–water partition coefficient (Wildman–Crippen LogP) is 3.96. The average Bonchev–Trinajstić information content (AvgIpc) is 2.43. The first-order valence-electron chi connectivity index (χ1n) is 6.32. The van der Waals surface area contributed by atoms with Crippen LogP contribution in [0.4, 0.5) is 10.1 Å². The van der Waals surface area contributed by atoms with E-state index in [-0.39, 0.29) is 17.6 Å². The maximum atomic E-state index is 12.8.